The second-order valence-corrected chi connectivity index (χ2v) is 14.1. The first-order valence-corrected chi connectivity index (χ1v) is 17.9. The number of aromatic amines is 4. The first-order valence-electron chi connectivity index (χ1n) is 17.9. The van der Waals surface area contributed by atoms with Gasteiger partial charge in [-0.05, 0) is 98.5 Å². The van der Waals surface area contributed by atoms with Crippen LogP contribution in [0, 0.1) is 27.7 Å². The van der Waals surface area contributed by atoms with Gasteiger partial charge in [0.25, 0.3) is 0 Å². The number of fused-ring (bicyclic) bond motifs is 8. The topological polar surface area (TPSA) is 63.2 Å². The van der Waals surface area contributed by atoms with E-state index in [2.05, 4.69) is 193 Å². The summed E-state index contributed by atoms with van der Waals surface area (Å²) in [5.41, 5.74) is 18.1. The lowest BCUT2D eigenvalue weighted by Crippen LogP contribution is -2.19. The van der Waals surface area contributed by atoms with Gasteiger partial charge in [-0.15, -0.1) is 0 Å². The molecule has 8 aromatic rings. The summed E-state index contributed by atoms with van der Waals surface area (Å²) in [5, 5.41) is 4.18. The number of nitrogens with one attached hydrogen (secondary N) is 4. The van der Waals surface area contributed by atoms with Gasteiger partial charge < -0.3 is 19.9 Å². The molecule has 0 spiro atoms. The Balaban J connectivity index is 1.45. The van der Waals surface area contributed by atoms with Crippen LogP contribution in [0.1, 0.15) is 67.3 Å². The highest BCUT2D eigenvalue weighted by Gasteiger charge is 2.18. The van der Waals surface area contributed by atoms with Crippen molar-refractivity contribution in [2.45, 2.75) is 27.7 Å². The predicted molar refractivity (Wildman–Crippen MR) is 213 cm³/mol. The van der Waals surface area contributed by atoms with Crippen molar-refractivity contribution in [2.75, 3.05) is 0 Å². The fourth-order valence-electron chi connectivity index (χ4n) is 7.77. The Hall–Kier alpha value is -6.52. The van der Waals surface area contributed by atoms with Gasteiger partial charge in [0.2, 0.25) is 0 Å². The summed E-state index contributed by atoms with van der Waals surface area (Å²) in [4.78, 5) is 15.6. The van der Waals surface area contributed by atoms with Gasteiger partial charge in [-0.2, -0.15) is 0 Å². The summed E-state index contributed by atoms with van der Waals surface area (Å²) < 4.78 is 0. The molecule has 0 fully saturated rings. The molecule has 252 valence electrons. The third kappa shape index (κ3) is 5.69. The monoisotopic (exact) mass is 672 g/mol. The number of hydrogen-bond donors (Lipinski definition) is 4. The van der Waals surface area contributed by atoms with Crippen molar-refractivity contribution in [1.29, 1.82) is 0 Å². The minimum absolute atomic E-state index is 1.05. The van der Waals surface area contributed by atoms with Crippen molar-refractivity contribution in [2.24, 2.45) is 0 Å². The minimum atomic E-state index is 1.05. The highest BCUT2D eigenvalue weighted by Crippen LogP contribution is 2.28. The van der Waals surface area contributed by atoms with E-state index in [1.807, 2.05) is 0 Å². The van der Waals surface area contributed by atoms with Gasteiger partial charge in [0.1, 0.15) is 0 Å². The van der Waals surface area contributed by atoms with Gasteiger partial charge in [-0.3, -0.25) is 0 Å². The molecule has 4 aromatic carbocycles. The number of hydrogen-bond acceptors (Lipinski definition) is 0. The van der Waals surface area contributed by atoms with E-state index in [4.69, 9.17) is 0 Å². The molecule has 8 bridgehead atoms. The van der Waals surface area contributed by atoms with Crippen molar-refractivity contribution < 1.29 is 0 Å². The number of H-pyrrole nitrogens is 4. The summed E-state index contributed by atoms with van der Waals surface area (Å²) >= 11 is 0. The van der Waals surface area contributed by atoms with E-state index >= 15 is 0 Å². The maximum absolute atomic E-state index is 3.90. The third-order valence-electron chi connectivity index (χ3n) is 10.1. The molecule has 5 heterocycles. The summed E-state index contributed by atoms with van der Waals surface area (Å²) in [7, 11) is 0. The third-order valence-corrected chi connectivity index (χ3v) is 10.1. The molecule has 4 aromatic heterocycles. The normalized spacial score (nSPS) is 12.8. The van der Waals surface area contributed by atoms with Crippen LogP contribution in [0.25, 0.3) is 22.3 Å². The molecule has 4 heteroatoms. The smallest absolute Gasteiger partial charge is 0.0485 e. The Morgan fingerprint density at radius 2 is 0.519 bits per heavy atom. The van der Waals surface area contributed by atoms with Gasteiger partial charge in [0.15, 0.2) is 0 Å². The quantitative estimate of drug-likeness (QED) is 0.149. The molecule has 1 aliphatic rings. The van der Waals surface area contributed by atoms with Crippen LogP contribution in [-0.4, -0.2) is 19.9 Å². The van der Waals surface area contributed by atoms with Crippen molar-refractivity contribution in [1.82, 2.24) is 19.9 Å². The zero-order valence-electron chi connectivity index (χ0n) is 29.9. The van der Waals surface area contributed by atoms with E-state index in [9.17, 15) is 0 Å². The number of rotatable bonds is 4. The van der Waals surface area contributed by atoms with Crippen LogP contribution < -0.4 is 21.4 Å². The molecule has 9 rings (SSSR count). The van der Waals surface area contributed by atoms with Crippen LogP contribution in [0.15, 0.2) is 146 Å². The molecule has 0 amide bonds. The fraction of sp³-hybridized carbons (Fsp3) is 0.0833. The van der Waals surface area contributed by atoms with E-state index < -0.39 is 0 Å². The maximum Gasteiger partial charge on any atom is 0.0485 e. The van der Waals surface area contributed by atoms with Crippen LogP contribution in [0.3, 0.4) is 0 Å². The maximum atomic E-state index is 3.90. The zero-order valence-corrected chi connectivity index (χ0v) is 29.9. The molecule has 52 heavy (non-hydrogen) atoms. The Morgan fingerprint density at radius 3 is 0.750 bits per heavy atom. The average Bonchev–Trinajstić information content (AvgIpc) is 3.96. The Kier molecular flexibility index (Phi) is 7.66. The highest BCUT2D eigenvalue weighted by molar-refractivity contribution is 5.85. The standard InChI is InChI=1S/C48H40N4/c1-29-9-5-13-33(25-29)45-37-17-19-39(49-37)46(34-14-6-10-30(2)26-34)41-21-23-43(51-41)48(36-16-8-12-32(4)28-36)44-24-22-42(52-44)47(40-20-18-38(45)50-40)35-15-7-11-31(3)27-35/h5-28,49-52H,1-4H3. The number of aryl methyl sites for hydroxylation is 4. The molecule has 1 aliphatic heterocycles. The zero-order chi connectivity index (χ0) is 35.3. The van der Waals surface area contributed by atoms with E-state index in [1.54, 1.807) is 0 Å². The van der Waals surface area contributed by atoms with Crippen LogP contribution in [0.5, 0.6) is 0 Å². The molecule has 4 N–H and O–H groups in total. The van der Waals surface area contributed by atoms with Crippen molar-refractivity contribution in [3.63, 3.8) is 0 Å². The van der Waals surface area contributed by atoms with Crippen molar-refractivity contribution in [3.05, 3.63) is 234 Å². The van der Waals surface area contributed by atoms with E-state index in [1.165, 1.54) is 22.3 Å². The van der Waals surface area contributed by atoms with Crippen LogP contribution in [-0.2, 0) is 0 Å². The Morgan fingerprint density at radius 1 is 0.269 bits per heavy atom. The molecule has 0 aliphatic carbocycles. The number of aromatic nitrogens is 4. The molecule has 4 nitrogen and oxygen atoms in total. The first-order chi connectivity index (χ1) is 25.4. The second-order valence-electron chi connectivity index (χ2n) is 14.1. The van der Waals surface area contributed by atoms with Crippen molar-refractivity contribution in [3.8, 4) is 0 Å². The fourth-order valence-corrected chi connectivity index (χ4v) is 7.77. The molecular weight excluding hydrogens is 633 g/mol. The lowest BCUT2D eigenvalue weighted by atomic mass is 10.0. The van der Waals surface area contributed by atoms with Crippen molar-refractivity contribution >= 4 is 22.3 Å². The molecule has 0 unspecified atom stereocenters. The van der Waals surface area contributed by atoms with Gasteiger partial charge in [-0.25, -0.2) is 0 Å². The van der Waals surface area contributed by atoms with Gasteiger partial charge in [0.05, 0.1) is 0 Å². The molecule has 0 radical (unpaired) electrons. The van der Waals surface area contributed by atoms with Crippen LogP contribution >= 0.6 is 0 Å². The van der Waals surface area contributed by atoms with E-state index in [0.29, 0.717) is 0 Å². The van der Waals surface area contributed by atoms with Gasteiger partial charge in [-0.1, -0.05) is 119 Å². The summed E-state index contributed by atoms with van der Waals surface area (Å²) in [6.45, 7) is 8.61. The first kappa shape index (κ1) is 31.5. The van der Waals surface area contributed by atoms with Gasteiger partial charge >= 0.3 is 0 Å². The second kappa shape index (κ2) is 12.7. The molecular formula is C48H40N4. The van der Waals surface area contributed by atoms with E-state index in [0.717, 1.165) is 88.7 Å². The predicted octanol–water partition coefficient (Wildman–Crippen LogP) is 7.54. The van der Waals surface area contributed by atoms with E-state index in [-0.39, 0.29) is 0 Å². The highest BCUT2D eigenvalue weighted by atomic mass is 14.8. The molecule has 0 saturated heterocycles. The average molecular weight is 673 g/mol. The molecule has 0 saturated carbocycles. The SMILES string of the molecule is Cc1cccc(C2=c3ccc([nH]3)=C(c3cccc(C)c3)c3ccc([nH]3)C(c3cccc(C)c3)=c3ccc([nH]3)=C(c3cccc(C)c3)c3ccc2[nH]3)c1. The lowest BCUT2D eigenvalue weighted by Gasteiger charge is -2.11. The molecule has 0 atom stereocenters. The summed E-state index contributed by atoms with van der Waals surface area (Å²) in [5.74, 6) is 0. The van der Waals surface area contributed by atoms with Crippen LogP contribution in [0.2, 0.25) is 0 Å². The van der Waals surface area contributed by atoms with Gasteiger partial charge in [0, 0.05) is 66.5 Å². The summed E-state index contributed by atoms with van der Waals surface area (Å²) in [6, 6.07) is 52.8. The largest absolute Gasteiger partial charge is 0.354 e. The van der Waals surface area contributed by atoms with Crippen LogP contribution in [0.4, 0.5) is 0 Å². The summed E-state index contributed by atoms with van der Waals surface area (Å²) in [6.07, 6.45) is 0. The Labute approximate surface area is 303 Å². The minimum Gasteiger partial charge on any atom is -0.354 e. The number of benzene rings is 4. The lowest BCUT2D eigenvalue weighted by molar-refractivity contribution is 1.18. The Bertz CT molecular complexity index is 2510.